The lowest BCUT2D eigenvalue weighted by Gasteiger charge is -2.21. The Bertz CT molecular complexity index is 353. The summed E-state index contributed by atoms with van der Waals surface area (Å²) in [4.78, 5) is 9.16. The van der Waals surface area contributed by atoms with Crippen molar-refractivity contribution in [2.45, 2.75) is 33.7 Å². The van der Waals surface area contributed by atoms with Crippen LogP contribution in [-0.4, -0.2) is 59.2 Å². The molecule has 1 saturated heterocycles. The van der Waals surface area contributed by atoms with Crippen molar-refractivity contribution in [1.82, 2.24) is 14.8 Å². The van der Waals surface area contributed by atoms with Crippen LogP contribution in [0.2, 0.25) is 0 Å². The molecule has 4 heteroatoms. The summed E-state index contributed by atoms with van der Waals surface area (Å²) in [5, 5.41) is 8.97. The number of pyridine rings is 1. The molecule has 0 aromatic carbocycles. The fourth-order valence-electron chi connectivity index (χ4n) is 2.40. The first-order chi connectivity index (χ1) is 9.78. The first-order valence-corrected chi connectivity index (χ1v) is 7.75. The van der Waals surface area contributed by atoms with E-state index in [0.29, 0.717) is 0 Å². The van der Waals surface area contributed by atoms with Gasteiger partial charge in [0, 0.05) is 38.1 Å². The molecule has 4 nitrogen and oxygen atoms in total. The predicted molar refractivity (Wildman–Crippen MR) is 83.7 cm³/mol. The molecule has 1 aliphatic rings. The molecule has 2 rings (SSSR count). The molecule has 1 aliphatic heterocycles. The average molecular weight is 279 g/mol. The highest BCUT2D eigenvalue weighted by molar-refractivity contribution is 5.12. The van der Waals surface area contributed by atoms with Crippen molar-refractivity contribution < 1.29 is 5.11 Å². The van der Waals surface area contributed by atoms with Crippen LogP contribution < -0.4 is 0 Å². The van der Waals surface area contributed by atoms with Gasteiger partial charge in [0.1, 0.15) is 0 Å². The first-order valence-electron chi connectivity index (χ1n) is 7.75. The number of rotatable bonds is 4. The van der Waals surface area contributed by atoms with Crippen LogP contribution in [0.4, 0.5) is 0 Å². The van der Waals surface area contributed by atoms with Gasteiger partial charge in [-0.15, -0.1) is 0 Å². The molecule has 114 valence electrons. The van der Waals surface area contributed by atoms with Crippen LogP contribution in [0.5, 0.6) is 0 Å². The lowest BCUT2D eigenvalue weighted by atomic mass is 10.2. The average Bonchev–Trinajstić information content (AvgIpc) is 2.70. The van der Waals surface area contributed by atoms with Gasteiger partial charge in [0.05, 0.1) is 6.61 Å². The molecule has 0 radical (unpaired) electrons. The smallest absolute Gasteiger partial charge is 0.0558 e. The number of aliphatic hydroxyl groups is 1. The zero-order chi connectivity index (χ0) is 14.8. The van der Waals surface area contributed by atoms with Crippen LogP contribution in [0.15, 0.2) is 18.3 Å². The van der Waals surface area contributed by atoms with Crippen LogP contribution in [0, 0.1) is 6.92 Å². The van der Waals surface area contributed by atoms with Crippen molar-refractivity contribution in [2.24, 2.45) is 0 Å². The molecule has 2 heterocycles. The largest absolute Gasteiger partial charge is 0.395 e. The van der Waals surface area contributed by atoms with E-state index in [9.17, 15) is 0 Å². The van der Waals surface area contributed by atoms with Crippen LogP contribution in [0.1, 0.15) is 31.5 Å². The van der Waals surface area contributed by atoms with E-state index in [1.54, 1.807) is 0 Å². The third-order valence-corrected chi connectivity index (χ3v) is 3.48. The Morgan fingerprint density at radius 3 is 2.45 bits per heavy atom. The molecule has 1 N–H and O–H groups in total. The topological polar surface area (TPSA) is 39.6 Å². The van der Waals surface area contributed by atoms with E-state index in [2.05, 4.69) is 26.9 Å². The molecule has 0 aliphatic carbocycles. The van der Waals surface area contributed by atoms with Crippen LogP contribution in [0.3, 0.4) is 0 Å². The summed E-state index contributed by atoms with van der Waals surface area (Å²) in [7, 11) is 0. The predicted octanol–water partition coefficient (Wildman–Crippen LogP) is 1.92. The Kier molecular flexibility index (Phi) is 8.42. The van der Waals surface area contributed by atoms with Crippen LogP contribution in [0.25, 0.3) is 0 Å². The monoisotopic (exact) mass is 279 g/mol. The molecule has 20 heavy (non-hydrogen) atoms. The maximum Gasteiger partial charge on any atom is 0.0558 e. The first kappa shape index (κ1) is 17.1. The van der Waals surface area contributed by atoms with E-state index in [0.717, 1.165) is 45.0 Å². The number of hydrogen-bond donors (Lipinski definition) is 1. The van der Waals surface area contributed by atoms with E-state index in [1.165, 1.54) is 12.0 Å². The quantitative estimate of drug-likeness (QED) is 0.914. The van der Waals surface area contributed by atoms with Crippen LogP contribution in [-0.2, 0) is 6.54 Å². The minimum atomic E-state index is 0.266. The Balaban J connectivity index is 0.000000956. The summed E-state index contributed by atoms with van der Waals surface area (Å²) >= 11 is 0. The maximum absolute atomic E-state index is 8.97. The Morgan fingerprint density at radius 1 is 1.10 bits per heavy atom. The van der Waals surface area contributed by atoms with Gasteiger partial charge in [-0.25, -0.2) is 0 Å². The van der Waals surface area contributed by atoms with Gasteiger partial charge < -0.3 is 5.11 Å². The highest BCUT2D eigenvalue weighted by atomic mass is 16.3. The number of aromatic nitrogens is 1. The Morgan fingerprint density at radius 2 is 1.80 bits per heavy atom. The Hall–Kier alpha value is -0.970. The summed E-state index contributed by atoms with van der Waals surface area (Å²) in [6.07, 6.45) is 3.16. The fourth-order valence-corrected chi connectivity index (χ4v) is 2.40. The normalized spacial score (nSPS) is 17.2. The number of aliphatic hydroxyl groups excluding tert-OH is 1. The van der Waals surface area contributed by atoms with E-state index in [4.69, 9.17) is 5.11 Å². The number of hydrogen-bond acceptors (Lipinski definition) is 4. The van der Waals surface area contributed by atoms with Gasteiger partial charge in [-0.3, -0.25) is 14.8 Å². The Labute approximate surface area is 123 Å². The summed E-state index contributed by atoms with van der Waals surface area (Å²) in [5.74, 6) is 0. The van der Waals surface area contributed by atoms with E-state index in [1.807, 2.05) is 27.0 Å². The molecule has 0 spiro atoms. The summed E-state index contributed by atoms with van der Waals surface area (Å²) < 4.78 is 0. The molecule has 0 bridgehead atoms. The molecular formula is C16H29N3O. The highest BCUT2D eigenvalue weighted by Crippen LogP contribution is 2.08. The van der Waals surface area contributed by atoms with Gasteiger partial charge >= 0.3 is 0 Å². The third-order valence-electron chi connectivity index (χ3n) is 3.48. The second-order valence-electron chi connectivity index (χ2n) is 5.00. The van der Waals surface area contributed by atoms with Gasteiger partial charge in [-0.1, -0.05) is 19.9 Å². The van der Waals surface area contributed by atoms with Gasteiger partial charge in [-0.2, -0.15) is 0 Å². The number of aryl methyl sites for hydroxylation is 1. The van der Waals surface area contributed by atoms with Gasteiger partial charge in [0.15, 0.2) is 0 Å². The lowest BCUT2D eigenvalue weighted by molar-refractivity contribution is 0.196. The van der Waals surface area contributed by atoms with Gasteiger partial charge in [0.2, 0.25) is 0 Å². The van der Waals surface area contributed by atoms with E-state index in [-0.39, 0.29) is 6.61 Å². The van der Waals surface area contributed by atoms with Crippen LogP contribution >= 0.6 is 0 Å². The lowest BCUT2D eigenvalue weighted by Crippen LogP contribution is -2.32. The SMILES string of the molecule is CC.Cc1ccc(CN2CCCN(CCO)CC2)cn1. The molecular weight excluding hydrogens is 250 g/mol. The summed E-state index contributed by atoms with van der Waals surface area (Å²) in [6, 6.07) is 4.24. The minimum absolute atomic E-state index is 0.266. The van der Waals surface area contributed by atoms with Crippen molar-refractivity contribution >= 4 is 0 Å². The fraction of sp³-hybridized carbons (Fsp3) is 0.688. The number of β-amino-alcohol motifs (C(OH)–C–C–N with tert-alkyl or cyclic N) is 1. The van der Waals surface area contributed by atoms with Crippen molar-refractivity contribution in [3.8, 4) is 0 Å². The van der Waals surface area contributed by atoms with E-state index >= 15 is 0 Å². The summed E-state index contributed by atoms with van der Waals surface area (Å²) in [5.41, 5.74) is 2.36. The van der Waals surface area contributed by atoms with Crippen molar-refractivity contribution in [1.29, 1.82) is 0 Å². The minimum Gasteiger partial charge on any atom is -0.395 e. The highest BCUT2D eigenvalue weighted by Gasteiger charge is 2.14. The van der Waals surface area contributed by atoms with Crippen molar-refractivity contribution in [3.05, 3.63) is 29.6 Å². The maximum atomic E-state index is 8.97. The second kappa shape index (κ2) is 9.86. The standard InChI is InChI=1S/C14H23N3O.C2H6/c1-13-3-4-14(11-15-13)12-17-6-2-5-16(7-8-17)9-10-18;1-2/h3-4,11,18H,2,5-10,12H2,1H3;1-2H3. The molecule has 1 aromatic rings. The molecule has 0 atom stereocenters. The third kappa shape index (κ3) is 5.99. The van der Waals surface area contributed by atoms with Gasteiger partial charge in [0.25, 0.3) is 0 Å². The molecule has 0 amide bonds. The van der Waals surface area contributed by atoms with Gasteiger partial charge in [-0.05, 0) is 38.1 Å². The molecule has 0 saturated carbocycles. The molecule has 1 fully saturated rings. The van der Waals surface area contributed by atoms with E-state index < -0.39 is 0 Å². The zero-order valence-corrected chi connectivity index (χ0v) is 13.2. The van der Waals surface area contributed by atoms with Crippen molar-refractivity contribution in [2.75, 3.05) is 39.3 Å². The van der Waals surface area contributed by atoms with Crippen molar-refractivity contribution in [3.63, 3.8) is 0 Å². The zero-order valence-electron chi connectivity index (χ0n) is 13.2. The molecule has 1 aromatic heterocycles. The number of nitrogens with zero attached hydrogens (tertiary/aromatic N) is 3. The molecule has 0 unspecified atom stereocenters. The summed E-state index contributed by atoms with van der Waals surface area (Å²) in [6.45, 7) is 12.4. The second-order valence-corrected chi connectivity index (χ2v) is 5.00.